The zero-order valence-electron chi connectivity index (χ0n) is 19.3. The summed E-state index contributed by atoms with van der Waals surface area (Å²) in [5.74, 6) is 0.449. The minimum absolute atomic E-state index is 0.0996. The van der Waals surface area contributed by atoms with Gasteiger partial charge in [-0.05, 0) is 54.0 Å². The Morgan fingerprint density at radius 3 is 2.91 bits per heavy atom. The number of aromatic nitrogens is 2. The number of hydrogen-bond acceptors (Lipinski definition) is 3. The largest absolute Gasteiger partial charge is 0.294 e. The smallest absolute Gasteiger partial charge is 0.257 e. The lowest BCUT2D eigenvalue weighted by Crippen LogP contribution is -2.38. The second-order valence-electron chi connectivity index (χ2n) is 9.04. The Morgan fingerprint density at radius 2 is 2.00 bits per heavy atom. The van der Waals surface area contributed by atoms with Crippen molar-refractivity contribution >= 4 is 11.0 Å². The van der Waals surface area contributed by atoms with E-state index < -0.39 is 0 Å². The number of pyridine rings is 2. The Bertz CT molecular complexity index is 1290. The second kappa shape index (κ2) is 9.72. The molecule has 2 aromatic heterocycles. The van der Waals surface area contributed by atoms with E-state index in [-0.39, 0.29) is 5.56 Å². The van der Waals surface area contributed by atoms with Crippen molar-refractivity contribution < 1.29 is 0 Å². The number of hydrogen-bond donors (Lipinski definition) is 0. The van der Waals surface area contributed by atoms with Crippen molar-refractivity contribution in [3.8, 4) is 0 Å². The first kappa shape index (κ1) is 21.6. The molecule has 0 radical (unpaired) electrons. The van der Waals surface area contributed by atoms with Gasteiger partial charge < -0.3 is 0 Å². The van der Waals surface area contributed by atoms with E-state index in [1.54, 1.807) is 6.20 Å². The molecule has 5 rings (SSSR count). The van der Waals surface area contributed by atoms with E-state index in [9.17, 15) is 4.79 Å². The number of rotatable bonds is 5. The summed E-state index contributed by atoms with van der Waals surface area (Å²) in [5.41, 5.74) is 5.45. The van der Waals surface area contributed by atoms with E-state index >= 15 is 0 Å². The molecule has 0 N–H and O–H groups in total. The predicted octanol–water partition coefficient (Wildman–Crippen LogP) is 5.28. The van der Waals surface area contributed by atoms with Crippen LogP contribution in [-0.4, -0.2) is 27.5 Å². The number of nitrogens with zero attached hydrogens (tertiary/aromatic N) is 3. The van der Waals surface area contributed by atoms with Crippen molar-refractivity contribution in [2.75, 3.05) is 13.1 Å². The molecule has 3 aliphatic rings. The molecule has 0 saturated heterocycles. The summed E-state index contributed by atoms with van der Waals surface area (Å²) < 4.78 is 1.88. The molecule has 4 nitrogen and oxygen atoms in total. The van der Waals surface area contributed by atoms with Gasteiger partial charge in [0.05, 0.1) is 6.54 Å². The molecule has 0 bridgehead atoms. The van der Waals surface area contributed by atoms with E-state index in [2.05, 4.69) is 83.6 Å². The molecule has 1 unspecified atom stereocenters. The van der Waals surface area contributed by atoms with Crippen molar-refractivity contribution in [2.45, 2.75) is 39.3 Å². The molecule has 4 heteroatoms. The summed E-state index contributed by atoms with van der Waals surface area (Å²) in [6.07, 6.45) is 26.4. The van der Waals surface area contributed by atoms with Gasteiger partial charge in [0.25, 0.3) is 5.56 Å². The molecule has 1 aliphatic heterocycles. The van der Waals surface area contributed by atoms with Crippen LogP contribution >= 0.6 is 0 Å². The molecule has 0 fully saturated rings. The highest BCUT2D eigenvalue weighted by atomic mass is 16.1. The quantitative estimate of drug-likeness (QED) is 0.639. The summed E-state index contributed by atoms with van der Waals surface area (Å²) in [5, 5.41) is 1.12. The Morgan fingerprint density at radius 1 is 1.06 bits per heavy atom. The molecule has 0 aromatic carbocycles. The van der Waals surface area contributed by atoms with E-state index in [1.807, 2.05) is 10.6 Å². The van der Waals surface area contributed by atoms with Crippen LogP contribution in [0.1, 0.15) is 30.9 Å². The molecule has 168 valence electrons. The first-order chi connectivity index (χ1) is 16.2. The highest BCUT2D eigenvalue weighted by Gasteiger charge is 2.24. The van der Waals surface area contributed by atoms with Crippen LogP contribution in [0.4, 0.5) is 0 Å². The van der Waals surface area contributed by atoms with E-state index in [4.69, 9.17) is 0 Å². The van der Waals surface area contributed by atoms with Crippen LogP contribution in [0.25, 0.3) is 11.0 Å². The molecular formula is C29H31N3O. The van der Waals surface area contributed by atoms with Gasteiger partial charge in [-0.3, -0.25) is 14.3 Å². The molecule has 0 amide bonds. The van der Waals surface area contributed by atoms with Gasteiger partial charge in [-0.1, -0.05) is 67.7 Å². The molecule has 0 saturated carbocycles. The SMILES string of the molecule is CCC1C=CC=C(Cn2c(=O)c3c(c4cccnc42)CCN(CC2=CCC=CC=C2)C3)C=C1. The monoisotopic (exact) mass is 437 g/mol. The van der Waals surface area contributed by atoms with Crippen molar-refractivity contribution in [3.05, 3.63) is 112 Å². The maximum absolute atomic E-state index is 13.8. The number of allylic oxidation sites excluding steroid dienone is 10. The maximum Gasteiger partial charge on any atom is 0.257 e. The fourth-order valence-electron chi connectivity index (χ4n) is 4.95. The van der Waals surface area contributed by atoms with Gasteiger partial charge in [-0.25, -0.2) is 4.98 Å². The summed E-state index contributed by atoms with van der Waals surface area (Å²) in [6, 6.07) is 4.11. The minimum atomic E-state index is 0.0996. The molecule has 3 heterocycles. The lowest BCUT2D eigenvalue weighted by atomic mass is 9.97. The Labute approximate surface area is 195 Å². The minimum Gasteiger partial charge on any atom is -0.294 e. The third-order valence-corrected chi connectivity index (χ3v) is 6.81. The molecular weight excluding hydrogens is 406 g/mol. The van der Waals surface area contributed by atoms with Crippen LogP contribution in [0.2, 0.25) is 0 Å². The summed E-state index contributed by atoms with van der Waals surface area (Å²) >= 11 is 0. The van der Waals surface area contributed by atoms with Gasteiger partial charge in [-0.15, -0.1) is 0 Å². The van der Waals surface area contributed by atoms with Crippen molar-refractivity contribution in [1.82, 2.24) is 14.5 Å². The average molecular weight is 438 g/mol. The fourth-order valence-corrected chi connectivity index (χ4v) is 4.95. The first-order valence-electron chi connectivity index (χ1n) is 12.0. The van der Waals surface area contributed by atoms with Crippen molar-refractivity contribution in [1.29, 1.82) is 0 Å². The maximum atomic E-state index is 13.8. The second-order valence-corrected chi connectivity index (χ2v) is 9.04. The summed E-state index contributed by atoms with van der Waals surface area (Å²) in [6.45, 7) is 5.25. The molecule has 33 heavy (non-hydrogen) atoms. The predicted molar refractivity (Wildman–Crippen MR) is 136 cm³/mol. The zero-order chi connectivity index (χ0) is 22.6. The highest BCUT2D eigenvalue weighted by Crippen LogP contribution is 2.26. The van der Waals surface area contributed by atoms with Gasteiger partial charge in [0.1, 0.15) is 5.65 Å². The zero-order valence-corrected chi connectivity index (χ0v) is 19.3. The van der Waals surface area contributed by atoms with E-state index in [1.165, 1.54) is 11.1 Å². The topological polar surface area (TPSA) is 38.1 Å². The van der Waals surface area contributed by atoms with Crippen LogP contribution in [-0.2, 0) is 19.5 Å². The van der Waals surface area contributed by atoms with Crippen LogP contribution in [0.3, 0.4) is 0 Å². The Kier molecular flexibility index (Phi) is 6.36. The van der Waals surface area contributed by atoms with E-state index in [0.29, 0.717) is 19.0 Å². The van der Waals surface area contributed by atoms with Gasteiger partial charge in [0.2, 0.25) is 0 Å². The van der Waals surface area contributed by atoms with Crippen LogP contribution in [0.5, 0.6) is 0 Å². The molecule has 2 aromatic rings. The molecule has 1 atom stereocenters. The van der Waals surface area contributed by atoms with Crippen molar-refractivity contribution in [3.63, 3.8) is 0 Å². The normalized spacial score (nSPS) is 20.3. The number of fused-ring (bicyclic) bond motifs is 3. The first-order valence-corrected chi connectivity index (χ1v) is 12.0. The van der Waals surface area contributed by atoms with Crippen molar-refractivity contribution in [2.24, 2.45) is 5.92 Å². The third-order valence-electron chi connectivity index (χ3n) is 6.81. The average Bonchev–Trinajstić information content (AvgIpc) is 3.24. The van der Waals surface area contributed by atoms with E-state index in [0.717, 1.165) is 54.5 Å². The van der Waals surface area contributed by atoms with Crippen LogP contribution in [0, 0.1) is 5.92 Å². The lowest BCUT2D eigenvalue weighted by molar-refractivity contribution is 0.276. The van der Waals surface area contributed by atoms with Gasteiger partial charge in [0, 0.05) is 36.8 Å². The standard InChI is InChI=1S/C29H31N3O/c1-2-22-11-7-12-24(15-14-22)20-32-28-26(13-8-17-30-28)25-16-18-31(21-27(25)29(32)33)19-23-9-5-3-4-6-10-23/h3-5,7-15,17,22H,2,6,16,18-21H2,1H3. The molecule has 2 aliphatic carbocycles. The Hall–Kier alpha value is -3.24. The van der Waals surface area contributed by atoms with Crippen LogP contribution in [0.15, 0.2) is 95.0 Å². The molecule has 0 spiro atoms. The summed E-state index contributed by atoms with van der Waals surface area (Å²) in [4.78, 5) is 20.8. The van der Waals surface area contributed by atoms with Gasteiger partial charge >= 0.3 is 0 Å². The lowest BCUT2D eigenvalue weighted by Gasteiger charge is -2.30. The van der Waals surface area contributed by atoms with Gasteiger partial charge in [-0.2, -0.15) is 0 Å². The third kappa shape index (κ3) is 4.62. The Balaban J connectivity index is 1.49. The highest BCUT2D eigenvalue weighted by molar-refractivity contribution is 5.80. The summed E-state index contributed by atoms with van der Waals surface area (Å²) in [7, 11) is 0. The fraction of sp³-hybridized carbons (Fsp3) is 0.310. The van der Waals surface area contributed by atoms with Gasteiger partial charge in [0.15, 0.2) is 0 Å². The van der Waals surface area contributed by atoms with Crippen LogP contribution < -0.4 is 5.56 Å².